The van der Waals surface area contributed by atoms with E-state index in [4.69, 9.17) is 5.11 Å². The normalized spacial score (nSPS) is 32.8. The Kier molecular flexibility index (Phi) is 3.50. The molecule has 0 bridgehead atoms. The molecular formula is C9H19NO2. The minimum absolute atomic E-state index is 0.0566. The van der Waals surface area contributed by atoms with Gasteiger partial charge in [0.2, 0.25) is 0 Å². The monoisotopic (exact) mass is 173 g/mol. The summed E-state index contributed by atoms with van der Waals surface area (Å²) in [4.78, 5) is 2.30. The summed E-state index contributed by atoms with van der Waals surface area (Å²) in [6.45, 7) is 6.17. The van der Waals surface area contributed by atoms with Crippen LogP contribution in [0.3, 0.4) is 0 Å². The summed E-state index contributed by atoms with van der Waals surface area (Å²) in [6.07, 6.45) is 0.494. The lowest BCUT2D eigenvalue weighted by Gasteiger charge is -2.37. The van der Waals surface area contributed by atoms with Crippen molar-refractivity contribution in [3.8, 4) is 0 Å². The fraction of sp³-hybridized carbons (Fsp3) is 1.00. The van der Waals surface area contributed by atoms with Crippen molar-refractivity contribution in [3.05, 3.63) is 0 Å². The Labute approximate surface area is 74.0 Å². The second-order valence-corrected chi connectivity index (χ2v) is 3.89. The molecule has 2 N–H and O–H groups in total. The van der Waals surface area contributed by atoms with E-state index in [0.717, 1.165) is 19.5 Å². The highest BCUT2D eigenvalue weighted by atomic mass is 16.3. The predicted molar refractivity (Wildman–Crippen MR) is 47.9 cm³/mol. The van der Waals surface area contributed by atoms with Crippen molar-refractivity contribution in [2.24, 2.45) is 5.92 Å². The van der Waals surface area contributed by atoms with Gasteiger partial charge < -0.3 is 15.1 Å². The molecule has 3 nitrogen and oxygen atoms in total. The quantitative estimate of drug-likeness (QED) is 0.621. The first-order chi connectivity index (χ1) is 5.65. The van der Waals surface area contributed by atoms with E-state index < -0.39 is 0 Å². The molecule has 1 rings (SSSR count). The molecule has 0 unspecified atom stereocenters. The summed E-state index contributed by atoms with van der Waals surface area (Å²) >= 11 is 0. The second kappa shape index (κ2) is 4.21. The van der Waals surface area contributed by atoms with Crippen LogP contribution in [0.15, 0.2) is 0 Å². The van der Waals surface area contributed by atoms with Crippen LogP contribution in [0.5, 0.6) is 0 Å². The van der Waals surface area contributed by atoms with E-state index >= 15 is 0 Å². The standard InChI is InChI=1S/C9H19NO2/c1-7(2)10-4-3-9(12)8(5-10)6-11/h7-9,11-12H,3-6H2,1-2H3/t8-,9+/m0/s1. The summed E-state index contributed by atoms with van der Waals surface area (Å²) in [7, 11) is 0. The molecule has 0 aromatic rings. The summed E-state index contributed by atoms with van der Waals surface area (Å²) in [5.74, 6) is 0.0566. The van der Waals surface area contributed by atoms with Crippen LogP contribution < -0.4 is 0 Å². The first-order valence-corrected chi connectivity index (χ1v) is 4.68. The molecule has 0 aromatic heterocycles. The van der Waals surface area contributed by atoms with Crippen molar-refractivity contribution >= 4 is 0 Å². The highest BCUT2D eigenvalue weighted by Crippen LogP contribution is 2.18. The summed E-state index contributed by atoms with van der Waals surface area (Å²) < 4.78 is 0. The van der Waals surface area contributed by atoms with Crippen LogP contribution in [0.4, 0.5) is 0 Å². The molecule has 1 fully saturated rings. The molecule has 0 radical (unpaired) electrons. The van der Waals surface area contributed by atoms with Gasteiger partial charge in [0, 0.05) is 31.7 Å². The number of hydrogen-bond acceptors (Lipinski definition) is 3. The number of rotatable bonds is 2. The van der Waals surface area contributed by atoms with Gasteiger partial charge in [-0.3, -0.25) is 0 Å². The molecule has 1 saturated heterocycles. The minimum Gasteiger partial charge on any atom is -0.396 e. The van der Waals surface area contributed by atoms with Gasteiger partial charge in [-0.25, -0.2) is 0 Å². The molecule has 0 spiro atoms. The van der Waals surface area contributed by atoms with Crippen molar-refractivity contribution < 1.29 is 10.2 Å². The van der Waals surface area contributed by atoms with E-state index in [9.17, 15) is 5.11 Å². The van der Waals surface area contributed by atoms with Crippen molar-refractivity contribution in [1.29, 1.82) is 0 Å². The maximum Gasteiger partial charge on any atom is 0.0614 e. The SMILES string of the molecule is CC(C)N1CC[C@@H](O)[C@H](CO)C1. The molecular weight excluding hydrogens is 154 g/mol. The van der Waals surface area contributed by atoms with Gasteiger partial charge in [0.1, 0.15) is 0 Å². The van der Waals surface area contributed by atoms with Crippen molar-refractivity contribution in [1.82, 2.24) is 4.90 Å². The van der Waals surface area contributed by atoms with E-state index in [0.29, 0.717) is 6.04 Å². The van der Waals surface area contributed by atoms with Crippen LogP contribution in [-0.2, 0) is 0 Å². The lowest BCUT2D eigenvalue weighted by atomic mass is 9.95. The fourth-order valence-corrected chi connectivity index (χ4v) is 1.70. The average molecular weight is 173 g/mol. The molecule has 1 aliphatic rings. The zero-order chi connectivity index (χ0) is 9.14. The molecule has 0 aliphatic carbocycles. The van der Waals surface area contributed by atoms with Gasteiger partial charge in [0.15, 0.2) is 0 Å². The van der Waals surface area contributed by atoms with Gasteiger partial charge in [-0.15, -0.1) is 0 Å². The van der Waals surface area contributed by atoms with Crippen LogP contribution in [-0.4, -0.2) is 47.0 Å². The van der Waals surface area contributed by atoms with Crippen LogP contribution in [0, 0.1) is 5.92 Å². The molecule has 72 valence electrons. The molecule has 1 aliphatic heterocycles. The van der Waals surface area contributed by atoms with Gasteiger partial charge in [-0.2, -0.15) is 0 Å². The first kappa shape index (κ1) is 9.96. The number of hydrogen-bond donors (Lipinski definition) is 2. The molecule has 0 amide bonds. The first-order valence-electron chi connectivity index (χ1n) is 4.68. The Bertz CT molecular complexity index is 138. The summed E-state index contributed by atoms with van der Waals surface area (Å²) in [5.41, 5.74) is 0. The molecule has 0 aromatic carbocycles. The van der Waals surface area contributed by atoms with Crippen molar-refractivity contribution in [2.75, 3.05) is 19.7 Å². The topological polar surface area (TPSA) is 43.7 Å². The van der Waals surface area contributed by atoms with Gasteiger partial charge in [-0.1, -0.05) is 0 Å². The summed E-state index contributed by atoms with van der Waals surface area (Å²) in [6, 6.07) is 0.520. The molecule has 3 heteroatoms. The lowest BCUT2D eigenvalue weighted by Crippen LogP contribution is -2.47. The van der Waals surface area contributed by atoms with Gasteiger partial charge >= 0.3 is 0 Å². The third-order valence-corrected chi connectivity index (χ3v) is 2.69. The highest BCUT2D eigenvalue weighted by Gasteiger charge is 2.27. The maximum atomic E-state index is 9.48. The Morgan fingerprint density at radius 2 is 2.17 bits per heavy atom. The van der Waals surface area contributed by atoms with Gasteiger partial charge in [-0.05, 0) is 20.3 Å². The number of piperidine rings is 1. The Morgan fingerprint density at radius 1 is 1.50 bits per heavy atom. The maximum absolute atomic E-state index is 9.48. The summed E-state index contributed by atoms with van der Waals surface area (Å²) in [5, 5.41) is 18.5. The zero-order valence-corrected chi connectivity index (χ0v) is 7.90. The van der Waals surface area contributed by atoms with E-state index in [-0.39, 0.29) is 18.6 Å². The van der Waals surface area contributed by atoms with E-state index in [1.807, 2.05) is 0 Å². The van der Waals surface area contributed by atoms with E-state index in [1.165, 1.54) is 0 Å². The largest absolute Gasteiger partial charge is 0.396 e. The van der Waals surface area contributed by atoms with Gasteiger partial charge in [0.25, 0.3) is 0 Å². The zero-order valence-electron chi connectivity index (χ0n) is 7.90. The fourth-order valence-electron chi connectivity index (χ4n) is 1.70. The molecule has 12 heavy (non-hydrogen) atoms. The number of nitrogens with zero attached hydrogens (tertiary/aromatic N) is 1. The van der Waals surface area contributed by atoms with Gasteiger partial charge in [0.05, 0.1) is 6.10 Å². The minimum atomic E-state index is -0.301. The Balaban J connectivity index is 2.44. The third kappa shape index (κ3) is 2.19. The average Bonchev–Trinajstić information content (AvgIpc) is 2.05. The molecule has 1 heterocycles. The van der Waals surface area contributed by atoms with Crippen molar-refractivity contribution in [3.63, 3.8) is 0 Å². The second-order valence-electron chi connectivity index (χ2n) is 3.89. The predicted octanol–water partition coefficient (Wildman–Crippen LogP) is 0.0699. The Morgan fingerprint density at radius 3 is 2.67 bits per heavy atom. The molecule has 0 saturated carbocycles. The lowest BCUT2D eigenvalue weighted by molar-refractivity contribution is -0.00863. The smallest absolute Gasteiger partial charge is 0.0614 e. The highest BCUT2D eigenvalue weighted by molar-refractivity contribution is 4.80. The number of aliphatic hydroxyl groups is 2. The third-order valence-electron chi connectivity index (χ3n) is 2.69. The molecule has 2 atom stereocenters. The Hall–Kier alpha value is -0.120. The van der Waals surface area contributed by atoms with Crippen LogP contribution in [0.1, 0.15) is 20.3 Å². The van der Waals surface area contributed by atoms with Crippen LogP contribution >= 0.6 is 0 Å². The van der Waals surface area contributed by atoms with E-state index in [1.54, 1.807) is 0 Å². The number of aliphatic hydroxyl groups excluding tert-OH is 2. The van der Waals surface area contributed by atoms with Crippen LogP contribution in [0.25, 0.3) is 0 Å². The van der Waals surface area contributed by atoms with Crippen molar-refractivity contribution in [2.45, 2.75) is 32.4 Å². The number of likely N-dealkylation sites (tertiary alicyclic amines) is 1. The van der Waals surface area contributed by atoms with Crippen LogP contribution in [0.2, 0.25) is 0 Å². The van der Waals surface area contributed by atoms with E-state index in [2.05, 4.69) is 18.7 Å².